The van der Waals surface area contributed by atoms with E-state index in [2.05, 4.69) is 34.6 Å². The fraction of sp³-hybridized carbons (Fsp3) is 0.312. The van der Waals surface area contributed by atoms with Crippen molar-refractivity contribution in [1.82, 2.24) is 14.8 Å². The lowest BCUT2D eigenvalue weighted by Gasteiger charge is -2.07. The highest BCUT2D eigenvalue weighted by molar-refractivity contribution is 7.15. The monoisotopic (exact) mass is 314 g/mol. The SMILES string of the molecule is CCCc1nnc(NC(=O)Cn2c(C)cc3ccccc32)s1. The fourth-order valence-corrected chi connectivity index (χ4v) is 3.34. The van der Waals surface area contributed by atoms with Gasteiger partial charge in [-0.25, -0.2) is 0 Å². The molecule has 5 nitrogen and oxygen atoms in total. The minimum Gasteiger partial charge on any atom is -0.335 e. The number of benzene rings is 1. The van der Waals surface area contributed by atoms with Crippen LogP contribution in [0.25, 0.3) is 10.9 Å². The molecular formula is C16H18N4OS. The van der Waals surface area contributed by atoms with Gasteiger partial charge in [0.25, 0.3) is 0 Å². The lowest BCUT2D eigenvalue weighted by molar-refractivity contribution is -0.116. The van der Waals surface area contributed by atoms with Gasteiger partial charge in [-0.2, -0.15) is 0 Å². The molecule has 1 aromatic carbocycles. The summed E-state index contributed by atoms with van der Waals surface area (Å²) >= 11 is 1.44. The lowest BCUT2D eigenvalue weighted by Crippen LogP contribution is -2.19. The number of carbonyl (C=O) groups excluding carboxylic acids is 1. The molecule has 0 atom stereocenters. The highest BCUT2D eigenvalue weighted by Gasteiger charge is 2.11. The zero-order valence-electron chi connectivity index (χ0n) is 12.7. The third-order valence-corrected chi connectivity index (χ3v) is 4.39. The summed E-state index contributed by atoms with van der Waals surface area (Å²) in [5.74, 6) is -0.0800. The zero-order valence-corrected chi connectivity index (χ0v) is 13.5. The molecule has 0 unspecified atom stereocenters. The third-order valence-electron chi connectivity index (χ3n) is 3.50. The minimum absolute atomic E-state index is 0.0800. The molecule has 0 aliphatic carbocycles. The molecule has 2 heterocycles. The van der Waals surface area contributed by atoms with Gasteiger partial charge in [0.1, 0.15) is 11.6 Å². The minimum atomic E-state index is -0.0800. The van der Waals surface area contributed by atoms with Gasteiger partial charge in [0, 0.05) is 17.6 Å². The van der Waals surface area contributed by atoms with Crippen molar-refractivity contribution in [1.29, 1.82) is 0 Å². The Kier molecular flexibility index (Phi) is 4.20. The van der Waals surface area contributed by atoms with Gasteiger partial charge in [0.2, 0.25) is 11.0 Å². The number of nitrogens with one attached hydrogen (secondary N) is 1. The molecule has 2 aromatic heterocycles. The van der Waals surface area contributed by atoms with E-state index in [0.717, 1.165) is 34.4 Å². The van der Waals surface area contributed by atoms with Crippen LogP contribution >= 0.6 is 11.3 Å². The van der Waals surface area contributed by atoms with Crippen LogP contribution in [0.1, 0.15) is 24.0 Å². The second-order valence-corrected chi connectivity index (χ2v) is 6.29. The molecule has 0 aliphatic rings. The molecule has 0 spiro atoms. The maximum absolute atomic E-state index is 12.2. The Balaban J connectivity index is 1.74. The van der Waals surface area contributed by atoms with Crippen LogP contribution in [-0.2, 0) is 17.8 Å². The number of carbonyl (C=O) groups is 1. The summed E-state index contributed by atoms with van der Waals surface area (Å²) in [5.41, 5.74) is 2.14. The molecular weight excluding hydrogens is 296 g/mol. The van der Waals surface area contributed by atoms with Gasteiger partial charge in [0.05, 0.1) is 0 Å². The van der Waals surface area contributed by atoms with Crippen LogP contribution in [0.15, 0.2) is 30.3 Å². The number of rotatable bonds is 5. The Labute approximate surface area is 133 Å². The van der Waals surface area contributed by atoms with E-state index in [0.29, 0.717) is 5.13 Å². The molecule has 0 saturated heterocycles. The maximum Gasteiger partial charge on any atom is 0.246 e. The van der Waals surface area contributed by atoms with Gasteiger partial charge in [0.15, 0.2) is 0 Å². The van der Waals surface area contributed by atoms with E-state index in [1.54, 1.807) is 0 Å². The van der Waals surface area contributed by atoms with Crippen molar-refractivity contribution >= 4 is 33.3 Å². The van der Waals surface area contributed by atoms with Crippen LogP contribution in [-0.4, -0.2) is 20.7 Å². The summed E-state index contributed by atoms with van der Waals surface area (Å²) in [6, 6.07) is 10.2. The van der Waals surface area contributed by atoms with Gasteiger partial charge >= 0.3 is 0 Å². The Hall–Kier alpha value is -2.21. The van der Waals surface area contributed by atoms with E-state index in [9.17, 15) is 4.79 Å². The second-order valence-electron chi connectivity index (χ2n) is 5.23. The number of fused-ring (bicyclic) bond motifs is 1. The number of para-hydroxylation sites is 1. The van der Waals surface area contributed by atoms with Crippen LogP contribution in [0.3, 0.4) is 0 Å². The van der Waals surface area contributed by atoms with E-state index < -0.39 is 0 Å². The lowest BCUT2D eigenvalue weighted by atomic mass is 10.2. The van der Waals surface area contributed by atoms with Crippen molar-refractivity contribution in [2.45, 2.75) is 33.2 Å². The normalized spacial score (nSPS) is 11.0. The molecule has 1 amide bonds. The maximum atomic E-state index is 12.2. The standard InChI is InChI=1S/C16H18N4OS/c1-3-6-15-18-19-16(22-15)17-14(21)10-20-11(2)9-12-7-4-5-8-13(12)20/h4-5,7-9H,3,6,10H2,1-2H3,(H,17,19,21). The summed E-state index contributed by atoms with van der Waals surface area (Å²) in [6.45, 7) is 4.39. The Morgan fingerprint density at radius 3 is 2.95 bits per heavy atom. The molecule has 1 N–H and O–H groups in total. The topological polar surface area (TPSA) is 59.8 Å². The Morgan fingerprint density at radius 2 is 2.14 bits per heavy atom. The zero-order chi connectivity index (χ0) is 15.5. The number of aromatic nitrogens is 3. The third kappa shape index (κ3) is 3.01. The summed E-state index contributed by atoms with van der Waals surface area (Å²) < 4.78 is 2.01. The molecule has 114 valence electrons. The van der Waals surface area contributed by atoms with Gasteiger partial charge in [-0.15, -0.1) is 10.2 Å². The molecule has 6 heteroatoms. The van der Waals surface area contributed by atoms with E-state index >= 15 is 0 Å². The van der Waals surface area contributed by atoms with Gasteiger partial charge in [-0.1, -0.05) is 36.5 Å². The van der Waals surface area contributed by atoms with E-state index in [1.807, 2.05) is 29.7 Å². The first kappa shape index (κ1) is 14.7. The molecule has 3 aromatic rings. The largest absolute Gasteiger partial charge is 0.335 e. The number of anilines is 1. The van der Waals surface area contributed by atoms with Crippen LogP contribution in [0.5, 0.6) is 0 Å². The number of aryl methyl sites for hydroxylation is 2. The summed E-state index contributed by atoms with van der Waals surface area (Å²) in [7, 11) is 0. The van der Waals surface area contributed by atoms with E-state index in [4.69, 9.17) is 0 Å². The molecule has 0 aliphatic heterocycles. The van der Waals surface area contributed by atoms with Crippen molar-refractivity contribution in [3.05, 3.63) is 41.0 Å². The second kappa shape index (κ2) is 6.27. The highest BCUT2D eigenvalue weighted by atomic mass is 32.1. The van der Waals surface area contributed by atoms with Gasteiger partial charge in [-0.3, -0.25) is 10.1 Å². The summed E-state index contributed by atoms with van der Waals surface area (Å²) in [6.07, 6.45) is 1.92. The summed E-state index contributed by atoms with van der Waals surface area (Å²) in [5, 5.41) is 13.6. The van der Waals surface area contributed by atoms with Crippen LogP contribution < -0.4 is 5.32 Å². The molecule has 0 saturated carbocycles. The summed E-state index contributed by atoms with van der Waals surface area (Å²) in [4.78, 5) is 12.2. The smallest absolute Gasteiger partial charge is 0.246 e. The molecule has 3 rings (SSSR count). The molecule has 0 bridgehead atoms. The van der Waals surface area contributed by atoms with Crippen LogP contribution in [0, 0.1) is 6.92 Å². The predicted octanol–water partition coefficient (Wildman–Crippen LogP) is 3.39. The van der Waals surface area contributed by atoms with Gasteiger partial charge < -0.3 is 4.57 Å². The first-order valence-corrected chi connectivity index (χ1v) is 8.16. The molecule has 0 radical (unpaired) electrons. The first-order valence-electron chi connectivity index (χ1n) is 7.34. The van der Waals surface area contributed by atoms with Crippen molar-refractivity contribution in [3.63, 3.8) is 0 Å². The molecule has 0 fully saturated rings. The number of hydrogen-bond donors (Lipinski definition) is 1. The predicted molar refractivity (Wildman–Crippen MR) is 89.2 cm³/mol. The van der Waals surface area contributed by atoms with Crippen molar-refractivity contribution in [2.75, 3.05) is 5.32 Å². The average molecular weight is 314 g/mol. The fourth-order valence-electron chi connectivity index (χ4n) is 2.48. The van der Waals surface area contributed by atoms with Crippen molar-refractivity contribution < 1.29 is 4.79 Å². The van der Waals surface area contributed by atoms with Gasteiger partial charge in [-0.05, 0) is 30.9 Å². The van der Waals surface area contributed by atoms with Crippen molar-refractivity contribution in [2.24, 2.45) is 0 Å². The molecule has 22 heavy (non-hydrogen) atoms. The van der Waals surface area contributed by atoms with Crippen LogP contribution in [0.2, 0.25) is 0 Å². The average Bonchev–Trinajstić information content (AvgIpc) is 3.05. The van der Waals surface area contributed by atoms with Crippen LogP contribution in [0.4, 0.5) is 5.13 Å². The van der Waals surface area contributed by atoms with E-state index in [-0.39, 0.29) is 12.5 Å². The number of hydrogen-bond acceptors (Lipinski definition) is 4. The first-order chi connectivity index (χ1) is 10.7. The highest BCUT2D eigenvalue weighted by Crippen LogP contribution is 2.20. The Bertz CT molecular complexity index is 805. The number of nitrogens with zero attached hydrogens (tertiary/aromatic N) is 3. The van der Waals surface area contributed by atoms with E-state index in [1.165, 1.54) is 11.3 Å². The Morgan fingerprint density at radius 1 is 1.32 bits per heavy atom. The number of amides is 1. The quantitative estimate of drug-likeness (QED) is 0.785. The van der Waals surface area contributed by atoms with Crippen molar-refractivity contribution in [3.8, 4) is 0 Å².